The number of methoxy groups -OCH3 is 4. The van der Waals surface area contributed by atoms with E-state index in [1.165, 1.54) is 36.9 Å². The molecule has 0 atom stereocenters. The molecular weight excluding hydrogens is 601 g/mol. The quantitative estimate of drug-likeness (QED) is 0.0629. The molecule has 0 radical (unpaired) electrons. The van der Waals surface area contributed by atoms with Crippen LogP contribution < -0.4 is 9.47 Å². The van der Waals surface area contributed by atoms with Crippen LogP contribution in [0.25, 0.3) is 20.2 Å². The number of benzene rings is 2. The molecule has 0 bridgehead atoms. The van der Waals surface area contributed by atoms with Crippen LogP contribution in [0.3, 0.4) is 0 Å². The number of allylic oxidation sites excluding steroid dienone is 2. The van der Waals surface area contributed by atoms with E-state index in [9.17, 15) is 19.2 Å². The average molecular weight is 633 g/mol. The summed E-state index contributed by atoms with van der Waals surface area (Å²) in [5.74, 6) is -0.148. The van der Waals surface area contributed by atoms with Crippen molar-refractivity contribution >= 4 is 66.4 Å². The van der Waals surface area contributed by atoms with Crippen LogP contribution in [0.2, 0.25) is 0 Å². The first-order chi connectivity index (χ1) is 21.1. The number of rotatable bonds is 14. The number of carbonyl (C=O) groups is 4. The monoisotopic (exact) mass is 632 g/mol. The van der Waals surface area contributed by atoms with E-state index in [2.05, 4.69) is 22.6 Å². The molecule has 44 heavy (non-hydrogen) atoms. The predicted molar refractivity (Wildman–Crippen MR) is 174 cm³/mol. The fourth-order valence-corrected chi connectivity index (χ4v) is 6.64. The third-order valence-electron chi connectivity index (χ3n) is 6.93. The number of hydrogen-bond donors (Lipinski definition) is 0. The van der Waals surface area contributed by atoms with E-state index in [0.29, 0.717) is 34.1 Å². The Hall–Kier alpha value is -4.54. The molecule has 0 aliphatic rings. The Bertz CT molecular complexity index is 1690. The zero-order valence-corrected chi connectivity index (χ0v) is 26.6. The SMILES string of the molecule is C=C(CC(=O)c1cc2cc(C/C=C/Cc3cc4cc(C(=O)CC(=C)C(=O)OC)sc4cc3OC)c(OC)cc2s1)C(=O)OC. The Morgan fingerprint density at radius 1 is 0.636 bits per heavy atom. The van der Waals surface area contributed by atoms with Gasteiger partial charge in [-0.05, 0) is 71.1 Å². The second kappa shape index (κ2) is 14.3. The Kier molecular flexibility index (Phi) is 10.5. The fourth-order valence-electron chi connectivity index (χ4n) is 4.62. The maximum absolute atomic E-state index is 12.7. The van der Waals surface area contributed by atoms with Gasteiger partial charge < -0.3 is 18.9 Å². The molecule has 2 aromatic heterocycles. The largest absolute Gasteiger partial charge is 0.496 e. The first-order valence-electron chi connectivity index (χ1n) is 13.5. The van der Waals surface area contributed by atoms with Crippen molar-refractivity contribution in [2.45, 2.75) is 25.7 Å². The summed E-state index contributed by atoms with van der Waals surface area (Å²) in [6.45, 7) is 7.29. The number of ketones is 2. The van der Waals surface area contributed by atoms with Crippen LogP contribution in [0.1, 0.15) is 43.3 Å². The summed E-state index contributed by atoms with van der Waals surface area (Å²) in [7, 11) is 5.74. The molecule has 10 heteroatoms. The summed E-state index contributed by atoms with van der Waals surface area (Å²) < 4.78 is 22.4. The molecule has 0 fully saturated rings. The standard InChI is InChI=1S/C34H32O8S2/c1-19(33(37)41-5)11-25(35)31-15-23-13-21(27(39-3)17-29(23)43-31)9-7-8-10-22-14-24-16-32(44-30(24)18-28(22)40-4)26(36)12-20(2)34(38)42-6/h7-8,13-18H,1-2,9-12H2,3-6H3/b8-7+. The first kappa shape index (κ1) is 32.4. The van der Waals surface area contributed by atoms with Gasteiger partial charge >= 0.3 is 11.9 Å². The van der Waals surface area contributed by atoms with Gasteiger partial charge in [0.15, 0.2) is 11.6 Å². The van der Waals surface area contributed by atoms with E-state index in [0.717, 1.165) is 31.3 Å². The van der Waals surface area contributed by atoms with Crippen LogP contribution >= 0.6 is 22.7 Å². The summed E-state index contributed by atoms with van der Waals surface area (Å²) in [6, 6.07) is 11.5. The van der Waals surface area contributed by atoms with Crippen molar-refractivity contribution in [2.24, 2.45) is 0 Å². The van der Waals surface area contributed by atoms with E-state index in [1.54, 1.807) is 14.2 Å². The molecule has 0 aliphatic heterocycles. The lowest BCUT2D eigenvalue weighted by Gasteiger charge is -2.08. The summed E-state index contributed by atoms with van der Waals surface area (Å²) in [5.41, 5.74) is 2.15. The molecule has 0 saturated heterocycles. The summed E-state index contributed by atoms with van der Waals surface area (Å²) in [5, 5.41) is 1.83. The van der Waals surface area contributed by atoms with Gasteiger partial charge in [-0.2, -0.15) is 0 Å². The lowest BCUT2D eigenvalue weighted by Crippen LogP contribution is -2.08. The Balaban J connectivity index is 1.48. The van der Waals surface area contributed by atoms with E-state index in [1.807, 2.05) is 48.6 Å². The van der Waals surface area contributed by atoms with Gasteiger partial charge in [0.25, 0.3) is 0 Å². The first-order valence-corrected chi connectivity index (χ1v) is 15.2. The summed E-state index contributed by atoms with van der Waals surface area (Å²) in [4.78, 5) is 49.8. The number of thiophene rings is 2. The lowest BCUT2D eigenvalue weighted by molar-refractivity contribution is -0.137. The van der Waals surface area contributed by atoms with Crippen LogP contribution in [0.4, 0.5) is 0 Å². The maximum Gasteiger partial charge on any atom is 0.333 e. The number of carbonyl (C=O) groups excluding carboxylic acids is 4. The van der Waals surface area contributed by atoms with Crippen LogP contribution in [0.5, 0.6) is 11.5 Å². The Morgan fingerprint density at radius 2 is 1.02 bits per heavy atom. The molecule has 0 spiro atoms. The molecule has 4 aromatic rings. The number of ether oxygens (including phenoxy) is 4. The fraction of sp³-hybridized carbons (Fsp3) is 0.235. The lowest BCUT2D eigenvalue weighted by atomic mass is 10.0. The second-order valence-electron chi connectivity index (χ2n) is 9.89. The van der Waals surface area contributed by atoms with Gasteiger partial charge in [0.1, 0.15) is 11.5 Å². The van der Waals surface area contributed by atoms with Crippen molar-refractivity contribution in [3.05, 3.63) is 93.7 Å². The van der Waals surface area contributed by atoms with E-state index >= 15 is 0 Å². The number of fused-ring (bicyclic) bond motifs is 2. The highest BCUT2D eigenvalue weighted by Crippen LogP contribution is 2.35. The van der Waals surface area contributed by atoms with Crippen molar-refractivity contribution in [1.29, 1.82) is 0 Å². The minimum Gasteiger partial charge on any atom is -0.496 e. The van der Waals surface area contributed by atoms with Gasteiger partial charge in [-0.3, -0.25) is 9.59 Å². The van der Waals surface area contributed by atoms with Gasteiger partial charge in [0.2, 0.25) is 0 Å². The smallest absolute Gasteiger partial charge is 0.333 e. The summed E-state index contributed by atoms with van der Waals surface area (Å²) in [6.07, 6.45) is 5.09. The average Bonchev–Trinajstić information content (AvgIpc) is 3.64. The highest BCUT2D eigenvalue weighted by Gasteiger charge is 2.19. The predicted octanol–water partition coefficient (Wildman–Crippen LogP) is 7.08. The molecular formula is C34H32O8S2. The molecule has 2 aromatic carbocycles. The van der Waals surface area contributed by atoms with Crippen LogP contribution in [-0.4, -0.2) is 51.9 Å². The van der Waals surface area contributed by atoms with Gasteiger partial charge in [0, 0.05) is 33.4 Å². The van der Waals surface area contributed by atoms with Crippen molar-refractivity contribution in [3.8, 4) is 11.5 Å². The number of hydrogen-bond acceptors (Lipinski definition) is 10. The molecule has 0 unspecified atom stereocenters. The molecule has 4 rings (SSSR count). The second-order valence-corrected chi connectivity index (χ2v) is 12.1. The molecule has 2 heterocycles. The van der Waals surface area contributed by atoms with Gasteiger partial charge in [-0.25, -0.2) is 9.59 Å². The number of esters is 2. The molecule has 8 nitrogen and oxygen atoms in total. The minimum absolute atomic E-state index is 0.102. The van der Waals surface area contributed by atoms with Crippen LogP contribution in [0, 0.1) is 0 Å². The molecule has 228 valence electrons. The van der Waals surface area contributed by atoms with E-state index in [-0.39, 0.29) is 35.6 Å². The topological polar surface area (TPSA) is 105 Å². The van der Waals surface area contributed by atoms with E-state index < -0.39 is 11.9 Å². The van der Waals surface area contributed by atoms with Gasteiger partial charge in [-0.15, -0.1) is 22.7 Å². The molecule has 0 aliphatic carbocycles. The number of Topliss-reactive ketones (excluding diaryl/α,β-unsaturated/α-hetero) is 2. The molecule has 0 N–H and O–H groups in total. The van der Waals surface area contributed by atoms with Crippen LogP contribution in [0.15, 0.2) is 72.9 Å². The highest BCUT2D eigenvalue weighted by atomic mass is 32.1. The Labute approximate surface area is 263 Å². The maximum atomic E-state index is 12.7. The van der Waals surface area contributed by atoms with E-state index in [4.69, 9.17) is 9.47 Å². The zero-order chi connectivity index (χ0) is 32.0. The minimum atomic E-state index is -0.595. The zero-order valence-electron chi connectivity index (χ0n) is 24.9. The van der Waals surface area contributed by atoms with Crippen molar-refractivity contribution in [3.63, 3.8) is 0 Å². The van der Waals surface area contributed by atoms with Crippen LogP contribution in [-0.2, 0) is 31.9 Å². The van der Waals surface area contributed by atoms with Gasteiger partial charge in [-0.1, -0.05) is 25.3 Å². The third kappa shape index (κ3) is 7.32. The highest BCUT2D eigenvalue weighted by molar-refractivity contribution is 7.21. The molecule has 0 amide bonds. The Morgan fingerprint density at radius 3 is 1.36 bits per heavy atom. The summed E-state index contributed by atoms with van der Waals surface area (Å²) >= 11 is 2.69. The molecule has 0 saturated carbocycles. The third-order valence-corrected chi connectivity index (χ3v) is 9.20. The van der Waals surface area contributed by atoms with Crippen molar-refractivity contribution < 1.29 is 38.1 Å². The normalized spacial score (nSPS) is 11.1. The van der Waals surface area contributed by atoms with Gasteiger partial charge in [0.05, 0.1) is 38.2 Å². The van der Waals surface area contributed by atoms with Crippen molar-refractivity contribution in [2.75, 3.05) is 28.4 Å². The van der Waals surface area contributed by atoms with Crippen molar-refractivity contribution in [1.82, 2.24) is 0 Å².